The lowest BCUT2D eigenvalue weighted by Crippen LogP contribution is -2.12. The van der Waals surface area contributed by atoms with Crippen LogP contribution in [0, 0.1) is 5.82 Å². The second-order valence-electron chi connectivity index (χ2n) is 5.34. The van der Waals surface area contributed by atoms with E-state index in [0.717, 1.165) is 5.56 Å². The summed E-state index contributed by atoms with van der Waals surface area (Å²) in [4.78, 5) is 12.4. The summed E-state index contributed by atoms with van der Waals surface area (Å²) in [5.41, 5.74) is 1.37. The van der Waals surface area contributed by atoms with Crippen LogP contribution in [-0.2, 0) is 5.75 Å². The highest BCUT2D eigenvalue weighted by atomic mass is 32.2. The minimum atomic E-state index is -0.335. The molecule has 1 amide bonds. The Balaban J connectivity index is 1.63. The van der Waals surface area contributed by atoms with Crippen molar-refractivity contribution in [2.75, 3.05) is 19.5 Å². The summed E-state index contributed by atoms with van der Waals surface area (Å²) < 4.78 is 24.0. The second kappa shape index (κ2) is 8.83. The van der Waals surface area contributed by atoms with Crippen molar-refractivity contribution in [1.82, 2.24) is 10.2 Å². The van der Waals surface area contributed by atoms with Gasteiger partial charge in [0.05, 0.1) is 14.2 Å². The minimum Gasteiger partial charge on any atom is -0.497 e. The number of ether oxygens (including phenoxy) is 2. The minimum absolute atomic E-state index is 0.265. The summed E-state index contributed by atoms with van der Waals surface area (Å²) in [7, 11) is 3.04. The van der Waals surface area contributed by atoms with Crippen LogP contribution in [-0.4, -0.2) is 30.3 Å². The van der Waals surface area contributed by atoms with Crippen LogP contribution in [0.1, 0.15) is 15.9 Å². The standard InChI is InChI=1S/C18H16FN3O3S2/c1-24-14-7-12(8-15(9-14)25-2)16(23)20-17-21-22-18(27-17)26-10-11-3-5-13(19)6-4-11/h3-9H,10H2,1-2H3,(H,20,21,23). The zero-order valence-electron chi connectivity index (χ0n) is 14.6. The smallest absolute Gasteiger partial charge is 0.257 e. The van der Waals surface area contributed by atoms with Gasteiger partial charge in [0, 0.05) is 17.4 Å². The maximum Gasteiger partial charge on any atom is 0.257 e. The molecule has 3 rings (SSSR count). The third kappa shape index (κ3) is 5.18. The van der Waals surface area contributed by atoms with Crippen LogP contribution < -0.4 is 14.8 Å². The van der Waals surface area contributed by atoms with Gasteiger partial charge >= 0.3 is 0 Å². The zero-order valence-corrected chi connectivity index (χ0v) is 16.2. The van der Waals surface area contributed by atoms with Crippen molar-refractivity contribution >= 4 is 34.1 Å². The van der Waals surface area contributed by atoms with Gasteiger partial charge in [0.15, 0.2) is 4.34 Å². The topological polar surface area (TPSA) is 73.3 Å². The first-order chi connectivity index (χ1) is 13.1. The number of aromatic nitrogens is 2. The van der Waals surface area contributed by atoms with Crippen molar-refractivity contribution < 1.29 is 18.7 Å². The molecule has 140 valence electrons. The summed E-state index contributed by atoms with van der Waals surface area (Å²) in [6, 6.07) is 11.2. The van der Waals surface area contributed by atoms with Gasteiger partial charge in [0.2, 0.25) is 5.13 Å². The molecule has 0 radical (unpaired) electrons. The molecule has 1 N–H and O–H groups in total. The largest absolute Gasteiger partial charge is 0.497 e. The molecular formula is C18H16FN3O3S2. The average Bonchev–Trinajstić information content (AvgIpc) is 3.14. The predicted octanol–water partition coefficient (Wildman–Crippen LogP) is 4.24. The lowest BCUT2D eigenvalue weighted by Gasteiger charge is -2.07. The maximum atomic E-state index is 12.9. The van der Waals surface area contributed by atoms with Crippen LogP contribution in [0.2, 0.25) is 0 Å². The van der Waals surface area contributed by atoms with Crippen LogP contribution in [0.5, 0.6) is 11.5 Å². The maximum absolute atomic E-state index is 12.9. The second-order valence-corrected chi connectivity index (χ2v) is 7.54. The van der Waals surface area contributed by atoms with E-state index in [1.165, 1.54) is 49.5 Å². The molecule has 0 fully saturated rings. The number of amides is 1. The number of anilines is 1. The van der Waals surface area contributed by atoms with Gasteiger partial charge < -0.3 is 9.47 Å². The van der Waals surface area contributed by atoms with Crippen molar-refractivity contribution in [3.8, 4) is 11.5 Å². The first-order valence-corrected chi connectivity index (χ1v) is 9.63. The van der Waals surface area contributed by atoms with E-state index in [2.05, 4.69) is 15.5 Å². The fourth-order valence-corrected chi connectivity index (χ4v) is 3.85. The molecule has 0 saturated carbocycles. The Morgan fingerprint density at radius 3 is 2.41 bits per heavy atom. The summed E-state index contributed by atoms with van der Waals surface area (Å²) in [5, 5.41) is 11.2. The highest BCUT2D eigenvalue weighted by molar-refractivity contribution is 8.00. The number of benzene rings is 2. The number of methoxy groups -OCH3 is 2. The summed E-state index contributed by atoms with van der Waals surface area (Å²) >= 11 is 2.74. The van der Waals surface area contributed by atoms with Crippen LogP contribution >= 0.6 is 23.1 Å². The summed E-state index contributed by atoms with van der Waals surface area (Å²) in [6.07, 6.45) is 0. The Bertz CT molecular complexity index is 910. The van der Waals surface area contributed by atoms with Crippen molar-refractivity contribution in [3.05, 3.63) is 59.4 Å². The number of hydrogen-bond acceptors (Lipinski definition) is 7. The summed E-state index contributed by atoms with van der Waals surface area (Å²) in [5.74, 6) is 1.08. The van der Waals surface area contributed by atoms with E-state index in [-0.39, 0.29) is 11.7 Å². The fraction of sp³-hybridized carbons (Fsp3) is 0.167. The zero-order chi connectivity index (χ0) is 19.2. The Labute approximate surface area is 163 Å². The quantitative estimate of drug-likeness (QED) is 0.468. The fourth-order valence-electron chi connectivity index (χ4n) is 2.15. The van der Waals surface area contributed by atoms with E-state index < -0.39 is 0 Å². The normalized spacial score (nSPS) is 10.5. The molecule has 27 heavy (non-hydrogen) atoms. The molecule has 0 aliphatic carbocycles. The first-order valence-electron chi connectivity index (χ1n) is 7.82. The molecule has 0 bridgehead atoms. The molecule has 0 spiro atoms. The van der Waals surface area contributed by atoms with Crippen LogP contribution in [0.4, 0.5) is 9.52 Å². The molecule has 9 heteroatoms. The molecule has 1 aromatic heterocycles. The number of halogens is 1. The lowest BCUT2D eigenvalue weighted by atomic mass is 10.2. The Hall–Kier alpha value is -2.65. The van der Waals surface area contributed by atoms with Gasteiger partial charge in [-0.1, -0.05) is 35.2 Å². The van der Waals surface area contributed by atoms with Gasteiger partial charge in [-0.15, -0.1) is 10.2 Å². The SMILES string of the molecule is COc1cc(OC)cc(C(=O)Nc2nnc(SCc3ccc(F)cc3)s2)c1. The Morgan fingerprint density at radius 1 is 1.11 bits per heavy atom. The lowest BCUT2D eigenvalue weighted by molar-refractivity contribution is 0.102. The number of nitrogens with one attached hydrogen (secondary N) is 1. The molecule has 3 aromatic rings. The number of carbonyl (C=O) groups is 1. The number of nitrogens with zero attached hydrogens (tertiary/aromatic N) is 2. The van der Waals surface area contributed by atoms with Crippen LogP contribution in [0.15, 0.2) is 46.8 Å². The van der Waals surface area contributed by atoms with Gasteiger partial charge in [-0.3, -0.25) is 10.1 Å². The van der Waals surface area contributed by atoms with E-state index >= 15 is 0 Å². The van der Waals surface area contributed by atoms with Crippen LogP contribution in [0.25, 0.3) is 0 Å². The van der Waals surface area contributed by atoms with E-state index in [0.29, 0.717) is 32.3 Å². The van der Waals surface area contributed by atoms with E-state index in [9.17, 15) is 9.18 Å². The Kier molecular flexibility index (Phi) is 6.25. The molecule has 6 nitrogen and oxygen atoms in total. The number of carbonyl (C=O) groups excluding carboxylic acids is 1. The van der Waals surface area contributed by atoms with Crippen molar-refractivity contribution in [1.29, 1.82) is 0 Å². The van der Waals surface area contributed by atoms with Gasteiger partial charge in [-0.2, -0.15) is 0 Å². The number of hydrogen-bond donors (Lipinski definition) is 1. The molecule has 0 saturated heterocycles. The monoisotopic (exact) mass is 405 g/mol. The summed E-state index contributed by atoms with van der Waals surface area (Å²) in [6.45, 7) is 0. The van der Waals surface area contributed by atoms with E-state index in [4.69, 9.17) is 9.47 Å². The highest BCUT2D eigenvalue weighted by Crippen LogP contribution is 2.29. The van der Waals surface area contributed by atoms with Gasteiger partial charge in [0.25, 0.3) is 5.91 Å². The van der Waals surface area contributed by atoms with Gasteiger partial charge in [0.1, 0.15) is 17.3 Å². The van der Waals surface area contributed by atoms with E-state index in [1.807, 2.05) is 0 Å². The number of rotatable bonds is 7. The molecule has 2 aromatic carbocycles. The van der Waals surface area contributed by atoms with Crippen molar-refractivity contribution in [3.63, 3.8) is 0 Å². The third-order valence-corrected chi connectivity index (χ3v) is 5.56. The van der Waals surface area contributed by atoms with Crippen molar-refractivity contribution in [2.45, 2.75) is 10.1 Å². The van der Waals surface area contributed by atoms with Gasteiger partial charge in [-0.25, -0.2) is 4.39 Å². The molecule has 0 aliphatic rings. The molecule has 1 heterocycles. The predicted molar refractivity (Wildman–Crippen MR) is 103 cm³/mol. The Morgan fingerprint density at radius 2 is 1.78 bits per heavy atom. The number of thioether (sulfide) groups is 1. The first kappa shape index (κ1) is 19.1. The third-order valence-electron chi connectivity index (χ3n) is 3.52. The molecule has 0 unspecified atom stereocenters. The molecular weight excluding hydrogens is 389 g/mol. The average molecular weight is 405 g/mol. The van der Waals surface area contributed by atoms with Crippen LogP contribution in [0.3, 0.4) is 0 Å². The van der Waals surface area contributed by atoms with Gasteiger partial charge in [-0.05, 0) is 29.8 Å². The molecule has 0 aliphatic heterocycles. The van der Waals surface area contributed by atoms with Crippen molar-refractivity contribution in [2.24, 2.45) is 0 Å². The molecule has 0 atom stereocenters. The van der Waals surface area contributed by atoms with E-state index in [1.54, 1.807) is 30.3 Å². The highest BCUT2D eigenvalue weighted by Gasteiger charge is 2.13.